The lowest BCUT2D eigenvalue weighted by Crippen LogP contribution is -2.37. The number of fused-ring (bicyclic) bond motifs is 1. The van der Waals surface area contributed by atoms with Crippen LogP contribution in [0, 0.1) is 0 Å². The van der Waals surface area contributed by atoms with E-state index in [0.717, 1.165) is 36.6 Å². The summed E-state index contributed by atoms with van der Waals surface area (Å²) in [7, 11) is 1.68. The van der Waals surface area contributed by atoms with Gasteiger partial charge in [-0.25, -0.2) is 0 Å². The number of hydrogen-bond donors (Lipinski definition) is 1. The third-order valence-corrected chi connectivity index (χ3v) is 3.25. The molecular weight excluding hydrogens is 202 g/mol. The largest absolute Gasteiger partial charge is 0.497 e. The summed E-state index contributed by atoms with van der Waals surface area (Å²) in [6.45, 7) is 1.92. The Bertz CT molecular complexity index is 434. The van der Waals surface area contributed by atoms with Crippen molar-refractivity contribution >= 4 is 6.08 Å². The normalized spacial score (nSPS) is 26.6. The first kappa shape index (κ1) is 9.73. The van der Waals surface area contributed by atoms with Gasteiger partial charge in [0.2, 0.25) is 0 Å². The van der Waals surface area contributed by atoms with Gasteiger partial charge >= 0.3 is 0 Å². The Morgan fingerprint density at radius 1 is 1.44 bits per heavy atom. The highest BCUT2D eigenvalue weighted by Crippen LogP contribution is 2.35. The molecule has 1 N–H and O–H groups in total. The predicted octanol–water partition coefficient (Wildman–Crippen LogP) is 1.83. The van der Waals surface area contributed by atoms with Crippen LogP contribution in [0.25, 0.3) is 6.08 Å². The number of rotatable bonds is 1. The molecule has 0 saturated carbocycles. The van der Waals surface area contributed by atoms with Crippen molar-refractivity contribution in [2.45, 2.75) is 12.0 Å². The first-order valence-electron chi connectivity index (χ1n) is 5.58. The fourth-order valence-electron chi connectivity index (χ4n) is 2.29. The summed E-state index contributed by atoms with van der Waals surface area (Å²) in [6, 6.07) is 5.92. The summed E-state index contributed by atoms with van der Waals surface area (Å²) in [5, 5.41) is 3.34. The van der Waals surface area contributed by atoms with Crippen LogP contribution < -0.4 is 14.8 Å². The third-order valence-electron chi connectivity index (χ3n) is 3.25. The Labute approximate surface area is 95.1 Å². The Morgan fingerprint density at radius 2 is 2.38 bits per heavy atom. The van der Waals surface area contributed by atoms with Crippen molar-refractivity contribution in [3.63, 3.8) is 0 Å². The first-order valence-corrected chi connectivity index (χ1v) is 5.58. The number of hydrogen-bond acceptors (Lipinski definition) is 3. The van der Waals surface area contributed by atoms with Crippen LogP contribution in [0.15, 0.2) is 24.3 Å². The van der Waals surface area contributed by atoms with Gasteiger partial charge in [0.1, 0.15) is 17.1 Å². The van der Waals surface area contributed by atoms with Crippen LogP contribution in [-0.2, 0) is 0 Å². The summed E-state index contributed by atoms with van der Waals surface area (Å²) < 4.78 is 11.3. The van der Waals surface area contributed by atoms with Crippen LogP contribution >= 0.6 is 0 Å². The molecule has 0 radical (unpaired) electrons. The number of benzene rings is 1. The second-order valence-corrected chi connectivity index (χ2v) is 4.33. The summed E-state index contributed by atoms with van der Waals surface area (Å²) in [5.41, 5.74) is 0.971. The molecule has 0 aromatic heterocycles. The summed E-state index contributed by atoms with van der Waals surface area (Å²) in [4.78, 5) is 0. The lowest BCUT2D eigenvalue weighted by atomic mass is 9.97. The summed E-state index contributed by atoms with van der Waals surface area (Å²) >= 11 is 0. The van der Waals surface area contributed by atoms with Gasteiger partial charge in [0.15, 0.2) is 0 Å². The van der Waals surface area contributed by atoms with Crippen molar-refractivity contribution in [3.05, 3.63) is 29.8 Å². The molecule has 3 nitrogen and oxygen atoms in total. The number of nitrogens with one attached hydrogen (secondary N) is 1. The lowest BCUT2D eigenvalue weighted by Gasteiger charge is -2.30. The maximum absolute atomic E-state index is 6.08. The van der Waals surface area contributed by atoms with Gasteiger partial charge < -0.3 is 14.8 Å². The molecule has 1 spiro atoms. The second-order valence-electron chi connectivity index (χ2n) is 4.33. The van der Waals surface area contributed by atoms with Crippen LogP contribution in [0.3, 0.4) is 0 Å². The molecule has 1 atom stereocenters. The molecule has 2 aliphatic rings. The van der Waals surface area contributed by atoms with Gasteiger partial charge in [-0.3, -0.25) is 0 Å². The fraction of sp³-hybridized carbons (Fsp3) is 0.385. The number of ether oxygens (including phenoxy) is 2. The highest BCUT2D eigenvalue weighted by molar-refractivity contribution is 5.63. The minimum Gasteiger partial charge on any atom is -0.497 e. The first-order chi connectivity index (χ1) is 7.81. The lowest BCUT2D eigenvalue weighted by molar-refractivity contribution is 0.139. The van der Waals surface area contributed by atoms with E-state index in [1.165, 1.54) is 0 Å². The molecule has 1 fully saturated rings. The summed E-state index contributed by atoms with van der Waals surface area (Å²) in [6.07, 6.45) is 5.33. The zero-order valence-corrected chi connectivity index (χ0v) is 9.32. The average molecular weight is 217 g/mol. The van der Waals surface area contributed by atoms with Crippen LogP contribution in [0.2, 0.25) is 0 Å². The highest BCUT2D eigenvalue weighted by Gasteiger charge is 2.35. The minimum atomic E-state index is -0.123. The van der Waals surface area contributed by atoms with Gasteiger partial charge in [-0.05, 0) is 30.8 Å². The SMILES string of the molecule is COc1ccc2c(c1)C=CC1(CCNC1)O2. The van der Waals surface area contributed by atoms with E-state index < -0.39 is 0 Å². The van der Waals surface area contributed by atoms with Gasteiger partial charge in [-0.2, -0.15) is 0 Å². The quantitative estimate of drug-likeness (QED) is 0.778. The molecule has 0 aliphatic carbocycles. The average Bonchev–Trinajstić information content (AvgIpc) is 2.77. The van der Waals surface area contributed by atoms with E-state index in [4.69, 9.17) is 9.47 Å². The van der Waals surface area contributed by atoms with Crippen LogP contribution in [0.5, 0.6) is 11.5 Å². The molecule has 1 unspecified atom stereocenters. The third kappa shape index (κ3) is 1.48. The number of methoxy groups -OCH3 is 1. The van der Waals surface area contributed by atoms with E-state index in [1.54, 1.807) is 7.11 Å². The predicted molar refractivity (Wildman–Crippen MR) is 62.9 cm³/mol. The van der Waals surface area contributed by atoms with E-state index >= 15 is 0 Å². The Balaban J connectivity index is 1.95. The van der Waals surface area contributed by atoms with Crippen molar-refractivity contribution in [1.82, 2.24) is 5.32 Å². The van der Waals surface area contributed by atoms with Gasteiger partial charge in [-0.1, -0.05) is 6.08 Å². The fourth-order valence-corrected chi connectivity index (χ4v) is 2.29. The molecule has 16 heavy (non-hydrogen) atoms. The summed E-state index contributed by atoms with van der Waals surface area (Å²) in [5.74, 6) is 1.82. The zero-order chi connectivity index (χ0) is 11.0. The van der Waals surface area contributed by atoms with Crippen molar-refractivity contribution < 1.29 is 9.47 Å². The topological polar surface area (TPSA) is 30.5 Å². The van der Waals surface area contributed by atoms with Gasteiger partial charge in [0.05, 0.1) is 7.11 Å². The maximum atomic E-state index is 6.08. The van der Waals surface area contributed by atoms with E-state index in [-0.39, 0.29) is 5.60 Å². The molecule has 1 saturated heterocycles. The van der Waals surface area contributed by atoms with Crippen LogP contribution in [0.1, 0.15) is 12.0 Å². The highest BCUT2D eigenvalue weighted by atomic mass is 16.5. The smallest absolute Gasteiger partial charge is 0.141 e. The van der Waals surface area contributed by atoms with E-state index in [0.29, 0.717) is 0 Å². The molecule has 0 amide bonds. The second kappa shape index (κ2) is 3.52. The molecule has 2 aliphatic heterocycles. The zero-order valence-electron chi connectivity index (χ0n) is 9.32. The molecule has 1 aromatic carbocycles. The van der Waals surface area contributed by atoms with Gasteiger partial charge in [0, 0.05) is 18.5 Å². The molecular formula is C13H15NO2. The van der Waals surface area contributed by atoms with E-state index in [1.807, 2.05) is 18.2 Å². The molecule has 3 rings (SSSR count). The van der Waals surface area contributed by atoms with E-state index in [9.17, 15) is 0 Å². The molecule has 2 heterocycles. The van der Waals surface area contributed by atoms with Gasteiger partial charge in [-0.15, -0.1) is 0 Å². The minimum absolute atomic E-state index is 0.123. The van der Waals surface area contributed by atoms with Crippen molar-refractivity contribution in [1.29, 1.82) is 0 Å². The molecule has 3 heteroatoms. The Kier molecular flexibility index (Phi) is 2.14. The van der Waals surface area contributed by atoms with Crippen molar-refractivity contribution in [2.24, 2.45) is 0 Å². The van der Waals surface area contributed by atoms with E-state index in [2.05, 4.69) is 17.5 Å². The Morgan fingerprint density at radius 3 is 3.12 bits per heavy atom. The standard InChI is InChI=1S/C13H15NO2/c1-15-11-2-3-12-10(8-11)4-5-13(16-12)6-7-14-9-13/h2-5,8,14H,6-7,9H2,1H3. The Hall–Kier alpha value is -1.48. The molecule has 84 valence electrons. The maximum Gasteiger partial charge on any atom is 0.141 e. The monoisotopic (exact) mass is 217 g/mol. The van der Waals surface area contributed by atoms with Crippen molar-refractivity contribution in [2.75, 3.05) is 20.2 Å². The molecule has 0 bridgehead atoms. The van der Waals surface area contributed by atoms with Gasteiger partial charge in [0.25, 0.3) is 0 Å². The van der Waals surface area contributed by atoms with Crippen LogP contribution in [-0.4, -0.2) is 25.8 Å². The van der Waals surface area contributed by atoms with Crippen molar-refractivity contribution in [3.8, 4) is 11.5 Å². The molecule has 1 aromatic rings. The van der Waals surface area contributed by atoms with Crippen LogP contribution in [0.4, 0.5) is 0 Å².